The zero-order chi connectivity index (χ0) is 13.0. The van der Waals surface area contributed by atoms with Crippen LogP contribution in [0.4, 0.5) is 0 Å². The van der Waals surface area contributed by atoms with E-state index in [2.05, 4.69) is 35.6 Å². The van der Waals surface area contributed by atoms with Crippen molar-refractivity contribution in [2.45, 2.75) is 58.2 Å². The third-order valence-electron chi connectivity index (χ3n) is 4.03. The van der Waals surface area contributed by atoms with Gasteiger partial charge in [0.25, 0.3) is 0 Å². The van der Waals surface area contributed by atoms with Crippen LogP contribution in [0.5, 0.6) is 0 Å². The van der Waals surface area contributed by atoms with E-state index in [0.717, 1.165) is 19.1 Å². The van der Waals surface area contributed by atoms with E-state index in [4.69, 9.17) is 5.73 Å². The Morgan fingerprint density at radius 1 is 1.50 bits per heavy atom. The lowest BCUT2D eigenvalue weighted by atomic mass is 9.95. The first-order valence-electron chi connectivity index (χ1n) is 7.23. The van der Waals surface area contributed by atoms with Gasteiger partial charge in [0.05, 0.1) is 0 Å². The first-order chi connectivity index (χ1) is 8.76. The lowest BCUT2D eigenvalue weighted by Gasteiger charge is -2.35. The fourth-order valence-corrected chi connectivity index (χ4v) is 3.52. The minimum Gasteiger partial charge on any atom is -0.329 e. The van der Waals surface area contributed by atoms with Gasteiger partial charge in [0.2, 0.25) is 0 Å². The molecule has 0 amide bonds. The molecule has 1 fully saturated rings. The standard InChI is InChI=1S/C15H26N2S/c1-3-4-12(2)15(9-16)17(14-5-6-14)10-13-7-8-18-11-13/h7-8,11-12,14-15H,3-6,9-10,16H2,1-2H3. The Balaban J connectivity index is 2.02. The summed E-state index contributed by atoms with van der Waals surface area (Å²) in [5.74, 6) is 0.708. The SMILES string of the molecule is CCCC(C)C(CN)N(Cc1ccsc1)C1CC1. The van der Waals surface area contributed by atoms with Gasteiger partial charge in [0.15, 0.2) is 0 Å². The molecular formula is C15H26N2S. The number of nitrogens with two attached hydrogens (primary N) is 1. The molecule has 0 radical (unpaired) electrons. The zero-order valence-corrected chi connectivity index (χ0v) is 12.5. The van der Waals surface area contributed by atoms with Gasteiger partial charge < -0.3 is 5.73 Å². The van der Waals surface area contributed by atoms with E-state index in [1.54, 1.807) is 11.3 Å². The molecule has 2 atom stereocenters. The van der Waals surface area contributed by atoms with E-state index in [-0.39, 0.29) is 0 Å². The van der Waals surface area contributed by atoms with Crippen molar-refractivity contribution in [3.63, 3.8) is 0 Å². The Kier molecular flexibility index (Phi) is 5.22. The molecule has 1 aliphatic carbocycles. The average molecular weight is 266 g/mol. The highest BCUT2D eigenvalue weighted by Gasteiger charge is 2.35. The maximum atomic E-state index is 6.06. The molecule has 3 heteroatoms. The Morgan fingerprint density at radius 2 is 2.28 bits per heavy atom. The van der Waals surface area contributed by atoms with Crippen LogP contribution in [-0.4, -0.2) is 23.5 Å². The van der Waals surface area contributed by atoms with Gasteiger partial charge in [-0.3, -0.25) is 4.90 Å². The molecule has 102 valence electrons. The van der Waals surface area contributed by atoms with Gasteiger partial charge in [-0.25, -0.2) is 0 Å². The lowest BCUT2D eigenvalue weighted by molar-refractivity contribution is 0.130. The number of hydrogen-bond donors (Lipinski definition) is 1. The van der Waals surface area contributed by atoms with E-state index >= 15 is 0 Å². The molecule has 0 bridgehead atoms. The second kappa shape index (κ2) is 6.69. The number of hydrogen-bond acceptors (Lipinski definition) is 3. The molecule has 2 nitrogen and oxygen atoms in total. The second-order valence-corrected chi connectivity index (χ2v) is 6.38. The van der Waals surface area contributed by atoms with Crippen molar-refractivity contribution >= 4 is 11.3 Å². The molecule has 0 aliphatic heterocycles. The molecule has 0 aromatic carbocycles. The highest BCUT2D eigenvalue weighted by atomic mass is 32.1. The molecule has 2 N–H and O–H groups in total. The first kappa shape index (κ1) is 14.0. The lowest BCUT2D eigenvalue weighted by Crippen LogP contribution is -2.45. The van der Waals surface area contributed by atoms with Crippen LogP contribution in [0.15, 0.2) is 16.8 Å². The summed E-state index contributed by atoms with van der Waals surface area (Å²) in [4.78, 5) is 2.67. The van der Waals surface area contributed by atoms with Crippen molar-refractivity contribution in [3.05, 3.63) is 22.4 Å². The van der Waals surface area contributed by atoms with Crippen LogP contribution < -0.4 is 5.73 Å². The van der Waals surface area contributed by atoms with E-state index in [0.29, 0.717) is 12.0 Å². The highest BCUT2D eigenvalue weighted by Crippen LogP contribution is 2.33. The fourth-order valence-electron chi connectivity index (χ4n) is 2.86. The van der Waals surface area contributed by atoms with Crippen LogP contribution >= 0.6 is 11.3 Å². The summed E-state index contributed by atoms with van der Waals surface area (Å²) in [6, 6.07) is 3.59. The largest absolute Gasteiger partial charge is 0.329 e. The number of nitrogens with zero attached hydrogens (tertiary/aromatic N) is 1. The van der Waals surface area contributed by atoms with E-state index in [1.165, 1.54) is 31.2 Å². The summed E-state index contributed by atoms with van der Waals surface area (Å²) < 4.78 is 0. The van der Waals surface area contributed by atoms with Crippen LogP contribution in [-0.2, 0) is 6.54 Å². The summed E-state index contributed by atoms with van der Waals surface area (Å²) in [7, 11) is 0. The van der Waals surface area contributed by atoms with Gasteiger partial charge in [0.1, 0.15) is 0 Å². The molecule has 1 heterocycles. The molecule has 1 aromatic rings. The molecule has 1 aromatic heterocycles. The highest BCUT2D eigenvalue weighted by molar-refractivity contribution is 7.07. The van der Waals surface area contributed by atoms with Crippen LogP contribution in [0.2, 0.25) is 0 Å². The van der Waals surface area contributed by atoms with Crippen LogP contribution in [0.25, 0.3) is 0 Å². The van der Waals surface area contributed by atoms with Crippen LogP contribution in [0.1, 0.15) is 45.1 Å². The van der Waals surface area contributed by atoms with Gasteiger partial charge in [-0.1, -0.05) is 20.3 Å². The maximum absolute atomic E-state index is 6.06. The quantitative estimate of drug-likeness (QED) is 0.780. The van der Waals surface area contributed by atoms with Gasteiger partial charge >= 0.3 is 0 Å². The van der Waals surface area contributed by atoms with Gasteiger partial charge in [0, 0.05) is 25.2 Å². The molecule has 0 spiro atoms. The molecule has 1 saturated carbocycles. The van der Waals surface area contributed by atoms with Crippen molar-refractivity contribution in [3.8, 4) is 0 Å². The predicted octanol–water partition coefficient (Wildman–Crippen LogP) is 3.48. The Morgan fingerprint density at radius 3 is 2.78 bits per heavy atom. The van der Waals surface area contributed by atoms with Crippen molar-refractivity contribution in [1.82, 2.24) is 4.90 Å². The third-order valence-corrected chi connectivity index (χ3v) is 4.76. The van der Waals surface area contributed by atoms with Crippen LogP contribution in [0, 0.1) is 5.92 Å². The monoisotopic (exact) mass is 266 g/mol. The van der Waals surface area contributed by atoms with E-state index in [1.807, 2.05) is 0 Å². The second-order valence-electron chi connectivity index (χ2n) is 5.60. The molecular weight excluding hydrogens is 240 g/mol. The average Bonchev–Trinajstić information content (AvgIpc) is 3.08. The molecule has 2 unspecified atom stereocenters. The molecule has 1 aliphatic rings. The fraction of sp³-hybridized carbons (Fsp3) is 0.733. The van der Waals surface area contributed by atoms with Gasteiger partial charge in [-0.15, -0.1) is 0 Å². The Hall–Kier alpha value is -0.380. The smallest absolute Gasteiger partial charge is 0.0250 e. The normalized spacial score (nSPS) is 19.1. The number of thiophene rings is 1. The molecule has 0 saturated heterocycles. The minimum atomic E-state index is 0.553. The van der Waals surface area contributed by atoms with Crippen molar-refractivity contribution < 1.29 is 0 Å². The number of rotatable bonds is 8. The predicted molar refractivity (Wildman–Crippen MR) is 79.8 cm³/mol. The summed E-state index contributed by atoms with van der Waals surface area (Å²) in [6.45, 7) is 6.51. The Labute approximate surface area is 115 Å². The first-order valence-corrected chi connectivity index (χ1v) is 8.17. The maximum Gasteiger partial charge on any atom is 0.0250 e. The Bertz CT molecular complexity index is 332. The van der Waals surface area contributed by atoms with Crippen molar-refractivity contribution in [1.29, 1.82) is 0 Å². The van der Waals surface area contributed by atoms with Gasteiger partial charge in [-0.05, 0) is 47.6 Å². The topological polar surface area (TPSA) is 29.3 Å². The summed E-state index contributed by atoms with van der Waals surface area (Å²) >= 11 is 1.79. The summed E-state index contributed by atoms with van der Waals surface area (Å²) in [5.41, 5.74) is 7.51. The third kappa shape index (κ3) is 3.56. The van der Waals surface area contributed by atoms with Crippen molar-refractivity contribution in [2.75, 3.05) is 6.54 Å². The van der Waals surface area contributed by atoms with Crippen molar-refractivity contribution in [2.24, 2.45) is 11.7 Å². The molecule has 2 rings (SSSR count). The van der Waals surface area contributed by atoms with E-state index in [9.17, 15) is 0 Å². The summed E-state index contributed by atoms with van der Waals surface area (Å²) in [5, 5.41) is 4.45. The van der Waals surface area contributed by atoms with Crippen LogP contribution in [0.3, 0.4) is 0 Å². The minimum absolute atomic E-state index is 0.553. The van der Waals surface area contributed by atoms with Gasteiger partial charge in [-0.2, -0.15) is 11.3 Å². The molecule has 18 heavy (non-hydrogen) atoms. The van der Waals surface area contributed by atoms with E-state index < -0.39 is 0 Å². The summed E-state index contributed by atoms with van der Waals surface area (Å²) in [6.07, 6.45) is 5.27. The zero-order valence-electron chi connectivity index (χ0n) is 11.6.